The van der Waals surface area contributed by atoms with Crippen molar-refractivity contribution < 1.29 is 19.4 Å². The first kappa shape index (κ1) is 42.4. The highest BCUT2D eigenvalue weighted by atomic mass is 16.5. The highest BCUT2D eigenvalue weighted by Gasteiger charge is 2.14. The number of unbranched alkanes of at least 4 members (excludes halogenated alkanes) is 22. The zero-order valence-electron chi connectivity index (χ0n) is 29.5. The number of carbonyl (C=O) groups excluding carboxylic acids is 1. The van der Waals surface area contributed by atoms with Gasteiger partial charge in [-0.25, -0.2) is 0 Å². The van der Waals surface area contributed by atoms with Crippen LogP contribution in [0.25, 0.3) is 0 Å². The average molecular weight is 619 g/mol. The van der Waals surface area contributed by atoms with Gasteiger partial charge in [0.25, 0.3) is 0 Å². The van der Waals surface area contributed by atoms with Crippen LogP contribution >= 0.6 is 0 Å². The summed E-state index contributed by atoms with van der Waals surface area (Å²) in [5, 5.41) is 8.71. The van der Waals surface area contributed by atoms with Gasteiger partial charge in [0.15, 0.2) is 0 Å². The fourth-order valence-corrected chi connectivity index (χ4v) is 5.80. The van der Waals surface area contributed by atoms with Crippen molar-refractivity contribution in [3.8, 4) is 0 Å². The molecule has 4 heteroatoms. The molecule has 0 saturated carbocycles. The first-order valence-electron chi connectivity index (χ1n) is 19.3. The van der Waals surface area contributed by atoms with E-state index < -0.39 is 5.97 Å². The third-order valence-corrected chi connectivity index (χ3v) is 8.68. The van der Waals surface area contributed by atoms with E-state index in [0.717, 1.165) is 57.8 Å². The van der Waals surface area contributed by atoms with E-state index in [-0.39, 0.29) is 12.1 Å². The van der Waals surface area contributed by atoms with E-state index in [1.54, 1.807) is 0 Å². The monoisotopic (exact) mass is 619 g/mol. The van der Waals surface area contributed by atoms with Crippen molar-refractivity contribution >= 4 is 11.9 Å². The Balaban J connectivity index is 3.87. The van der Waals surface area contributed by atoms with E-state index in [2.05, 4.69) is 38.2 Å². The van der Waals surface area contributed by atoms with Crippen molar-refractivity contribution in [3.63, 3.8) is 0 Å². The van der Waals surface area contributed by atoms with Gasteiger partial charge in [0, 0.05) is 12.8 Å². The molecule has 0 amide bonds. The number of carboxylic acids is 1. The van der Waals surface area contributed by atoms with Crippen LogP contribution in [0, 0.1) is 0 Å². The lowest BCUT2D eigenvalue weighted by Crippen LogP contribution is -2.18. The summed E-state index contributed by atoms with van der Waals surface area (Å²) in [6, 6.07) is 0. The molecule has 0 aliphatic rings. The van der Waals surface area contributed by atoms with Crippen LogP contribution in [-0.2, 0) is 14.3 Å². The molecule has 0 radical (unpaired) electrons. The molecule has 0 saturated heterocycles. The fraction of sp³-hybridized carbons (Fsp3) is 0.850. The predicted molar refractivity (Wildman–Crippen MR) is 190 cm³/mol. The Morgan fingerprint density at radius 2 is 0.886 bits per heavy atom. The van der Waals surface area contributed by atoms with Crippen LogP contribution in [0.5, 0.6) is 0 Å². The Labute approximate surface area is 274 Å². The van der Waals surface area contributed by atoms with Gasteiger partial charge in [-0.15, -0.1) is 0 Å². The SMILES string of the molecule is CCCCC/C=C\C/C=C\CCCCCCCCCC(=O)OC(CCCCCCC)CCCCCCCCCCCC(=O)O. The first-order chi connectivity index (χ1) is 21.6. The highest BCUT2D eigenvalue weighted by Crippen LogP contribution is 2.19. The third-order valence-electron chi connectivity index (χ3n) is 8.68. The van der Waals surface area contributed by atoms with Crippen molar-refractivity contribution in [1.82, 2.24) is 0 Å². The summed E-state index contributed by atoms with van der Waals surface area (Å²) in [5.41, 5.74) is 0. The van der Waals surface area contributed by atoms with Crippen molar-refractivity contribution in [1.29, 1.82) is 0 Å². The van der Waals surface area contributed by atoms with E-state index in [1.165, 1.54) is 128 Å². The molecule has 1 atom stereocenters. The molecule has 1 unspecified atom stereocenters. The van der Waals surface area contributed by atoms with Gasteiger partial charge in [-0.1, -0.05) is 154 Å². The Bertz CT molecular complexity index is 668. The number of esters is 1. The van der Waals surface area contributed by atoms with E-state index in [9.17, 15) is 9.59 Å². The van der Waals surface area contributed by atoms with Gasteiger partial charge < -0.3 is 9.84 Å². The lowest BCUT2D eigenvalue weighted by Gasteiger charge is -2.18. The van der Waals surface area contributed by atoms with Gasteiger partial charge in [0.1, 0.15) is 6.10 Å². The second-order valence-electron chi connectivity index (χ2n) is 13.1. The number of hydrogen-bond donors (Lipinski definition) is 1. The second kappa shape index (κ2) is 35.9. The number of rotatable bonds is 35. The average Bonchev–Trinajstić information content (AvgIpc) is 3.00. The number of hydrogen-bond acceptors (Lipinski definition) is 3. The quantitative estimate of drug-likeness (QED) is 0.0436. The van der Waals surface area contributed by atoms with Crippen LogP contribution in [0.15, 0.2) is 24.3 Å². The molecule has 0 spiro atoms. The van der Waals surface area contributed by atoms with Gasteiger partial charge in [-0.2, -0.15) is 0 Å². The number of ether oxygens (including phenoxy) is 1. The lowest BCUT2D eigenvalue weighted by atomic mass is 10.0. The molecule has 4 nitrogen and oxygen atoms in total. The van der Waals surface area contributed by atoms with Crippen molar-refractivity contribution in [2.75, 3.05) is 0 Å². The molecule has 0 heterocycles. The maximum Gasteiger partial charge on any atom is 0.306 e. The Morgan fingerprint density at radius 3 is 1.39 bits per heavy atom. The van der Waals surface area contributed by atoms with Crippen molar-refractivity contribution in [2.24, 2.45) is 0 Å². The highest BCUT2D eigenvalue weighted by molar-refractivity contribution is 5.69. The fourth-order valence-electron chi connectivity index (χ4n) is 5.80. The van der Waals surface area contributed by atoms with Gasteiger partial charge in [-0.05, 0) is 70.6 Å². The number of allylic oxidation sites excluding steroid dienone is 4. The van der Waals surface area contributed by atoms with Crippen LogP contribution < -0.4 is 0 Å². The Kier molecular flexibility index (Phi) is 34.6. The maximum atomic E-state index is 12.6. The summed E-state index contributed by atoms with van der Waals surface area (Å²) < 4.78 is 5.99. The first-order valence-corrected chi connectivity index (χ1v) is 19.3. The summed E-state index contributed by atoms with van der Waals surface area (Å²) in [5.74, 6) is -0.656. The summed E-state index contributed by atoms with van der Waals surface area (Å²) in [4.78, 5) is 23.2. The van der Waals surface area contributed by atoms with Crippen molar-refractivity contribution in [2.45, 2.75) is 219 Å². The summed E-state index contributed by atoms with van der Waals surface area (Å²) in [6.07, 6.45) is 44.9. The smallest absolute Gasteiger partial charge is 0.306 e. The molecule has 0 aromatic carbocycles. The minimum atomic E-state index is -0.678. The lowest BCUT2D eigenvalue weighted by molar-refractivity contribution is -0.150. The predicted octanol–water partition coefficient (Wildman–Crippen LogP) is 13.2. The summed E-state index contributed by atoms with van der Waals surface area (Å²) >= 11 is 0. The van der Waals surface area contributed by atoms with Crippen molar-refractivity contribution in [3.05, 3.63) is 24.3 Å². The zero-order chi connectivity index (χ0) is 32.2. The molecule has 0 fully saturated rings. The number of carboxylic acid groups (broad SMARTS) is 1. The van der Waals surface area contributed by atoms with Gasteiger partial charge >= 0.3 is 11.9 Å². The normalized spacial score (nSPS) is 12.4. The number of aliphatic carboxylic acids is 1. The summed E-state index contributed by atoms with van der Waals surface area (Å²) in [6.45, 7) is 4.50. The van der Waals surface area contributed by atoms with Crippen LogP contribution in [-0.4, -0.2) is 23.1 Å². The topological polar surface area (TPSA) is 63.6 Å². The molecular formula is C40H74O4. The van der Waals surface area contributed by atoms with Gasteiger partial charge in [0.05, 0.1) is 0 Å². The Hall–Kier alpha value is -1.58. The minimum absolute atomic E-state index is 0.0223. The van der Waals surface area contributed by atoms with Gasteiger partial charge in [0.2, 0.25) is 0 Å². The summed E-state index contributed by atoms with van der Waals surface area (Å²) in [7, 11) is 0. The van der Waals surface area contributed by atoms with Crippen LogP contribution in [0.4, 0.5) is 0 Å². The molecule has 0 aliphatic heterocycles. The maximum absolute atomic E-state index is 12.6. The van der Waals surface area contributed by atoms with E-state index >= 15 is 0 Å². The van der Waals surface area contributed by atoms with Crippen LogP contribution in [0.2, 0.25) is 0 Å². The largest absolute Gasteiger partial charge is 0.481 e. The van der Waals surface area contributed by atoms with Gasteiger partial charge in [-0.3, -0.25) is 9.59 Å². The van der Waals surface area contributed by atoms with E-state index in [1.807, 2.05) is 0 Å². The molecule has 258 valence electrons. The van der Waals surface area contributed by atoms with Crippen LogP contribution in [0.1, 0.15) is 213 Å². The zero-order valence-corrected chi connectivity index (χ0v) is 29.5. The number of carbonyl (C=O) groups is 2. The second-order valence-corrected chi connectivity index (χ2v) is 13.1. The van der Waals surface area contributed by atoms with E-state index in [0.29, 0.717) is 12.8 Å². The molecule has 0 aromatic rings. The molecule has 0 aromatic heterocycles. The standard InChI is InChI=1S/C40H74O4/c1-3-5-7-9-10-11-12-13-14-15-16-17-18-22-25-29-33-37-40(43)44-38(34-30-26-8-6-4-2)35-31-27-23-20-19-21-24-28-32-36-39(41)42/h10-11,13-14,38H,3-9,12,15-37H2,1-2H3,(H,41,42)/b11-10-,14-13-. The molecule has 44 heavy (non-hydrogen) atoms. The molecule has 0 bridgehead atoms. The van der Waals surface area contributed by atoms with E-state index in [4.69, 9.17) is 9.84 Å². The molecular weight excluding hydrogens is 544 g/mol. The minimum Gasteiger partial charge on any atom is -0.481 e. The Morgan fingerprint density at radius 1 is 0.500 bits per heavy atom. The third kappa shape index (κ3) is 34.9. The molecule has 0 aliphatic carbocycles. The molecule has 1 N–H and O–H groups in total. The molecule has 0 rings (SSSR count). The van der Waals surface area contributed by atoms with Crippen LogP contribution in [0.3, 0.4) is 0 Å².